The maximum Gasteiger partial charge on any atom is 0.233 e. The molecule has 0 aliphatic carbocycles. The fourth-order valence-corrected chi connectivity index (χ4v) is 2.94. The van der Waals surface area contributed by atoms with Gasteiger partial charge in [-0.25, -0.2) is 4.98 Å². The van der Waals surface area contributed by atoms with E-state index in [1.165, 1.54) is 11.8 Å². The molecule has 0 aliphatic heterocycles. The second-order valence-corrected chi connectivity index (χ2v) is 6.20. The quantitative estimate of drug-likeness (QED) is 0.639. The average Bonchev–Trinajstić information content (AvgIpc) is 3.22. The largest absolute Gasteiger partial charge is 0.359 e. The number of aromatic nitrogens is 4. The normalized spacial score (nSPS) is 10.8. The average molecular weight is 343 g/mol. The molecule has 8 heteroatoms. The Kier molecular flexibility index (Phi) is 4.95. The van der Waals surface area contributed by atoms with Gasteiger partial charge in [0, 0.05) is 38.8 Å². The Balaban J connectivity index is 1.56. The van der Waals surface area contributed by atoms with Crippen molar-refractivity contribution in [3.8, 4) is 11.4 Å². The topological polar surface area (TPSA) is 77.1 Å². The van der Waals surface area contributed by atoms with Gasteiger partial charge < -0.3 is 14.0 Å². The molecule has 124 valence electrons. The Bertz CT molecular complexity index is 815. The summed E-state index contributed by atoms with van der Waals surface area (Å²) in [6.07, 6.45) is 5.27. The molecule has 0 spiro atoms. The van der Waals surface area contributed by atoms with Crippen LogP contribution in [0.1, 0.15) is 5.76 Å². The highest BCUT2D eigenvalue weighted by atomic mass is 32.2. The predicted octanol–water partition coefficient (Wildman–Crippen LogP) is 2.22. The lowest BCUT2D eigenvalue weighted by Crippen LogP contribution is -2.27. The molecule has 0 saturated heterocycles. The van der Waals surface area contributed by atoms with E-state index in [0.29, 0.717) is 23.8 Å². The van der Waals surface area contributed by atoms with Gasteiger partial charge in [0.25, 0.3) is 0 Å². The minimum Gasteiger partial charge on any atom is -0.359 e. The Morgan fingerprint density at radius 3 is 2.88 bits per heavy atom. The van der Waals surface area contributed by atoms with E-state index in [9.17, 15) is 4.79 Å². The molecule has 3 rings (SSSR count). The van der Waals surface area contributed by atoms with E-state index in [2.05, 4.69) is 15.1 Å². The van der Waals surface area contributed by atoms with Gasteiger partial charge in [-0.1, -0.05) is 23.0 Å². The van der Waals surface area contributed by atoms with Gasteiger partial charge >= 0.3 is 0 Å². The smallest absolute Gasteiger partial charge is 0.233 e. The SMILES string of the molecule is CN(Cc1cc(-c2ccccn2)no1)C(=O)CSc1nccn1C. The van der Waals surface area contributed by atoms with Crippen molar-refractivity contribution < 1.29 is 9.32 Å². The first kappa shape index (κ1) is 16.3. The van der Waals surface area contributed by atoms with E-state index in [1.54, 1.807) is 30.4 Å². The van der Waals surface area contributed by atoms with Crippen molar-refractivity contribution in [2.75, 3.05) is 12.8 Å². The van der Waals surface area contributed by atoms with Gasteiger partial charge in [-0.05, 0) is 12.1 Å². The third-order valence-electron chi connectivity index (χ3n) is 3.41. The van der Waals surface area contributed by atoms with E-state index in [0.717, 1.165) is 10.9 Å². The Labute approximate surface area is 143 Å². The molecule has 3 heterocycles. The summed E-state index contributed by atoms with van der Waals surface area (Å²) in [6.45, 7) is 0.361. The number of pyridine rings is 1. The van der Waals surface area contributed by atoms with Gasteiger partial charge in [0.2, 0.25) is 5.91 Å². The van der Waals surface area contributed by atoms with Crippen molar-refractivity contribution in [2.24, 2.45) is 7.05 Å². The molecule has 0 unspecified atom stereocenters. The third-order valence-corrected chi connectivity index (χ3v) is 4.45. The van der Waals surface area contributed by atoms with Crippen molar-refractivity contribution in [1.82, 2.24) is 24.6 Å². The summed E-state index contributed by atoms with van der Waals surface area (Å²) in [4.78, 5) is 22.2. The third kappa shape index (κ3) is 3.83. The number of rotatable bonds is 6. The fraction of sp³-hybridized carbons (Fsp3) is 0.250. The van der Waals surface area contributed by atoms with Crippen LogP contribution in [0.25, 0.3) is 11.4 Å². The second-order valence-electron chi connectivity index (χ2n) is 5.25. The van der Waals surface area contributed by atoms with Gasteiger partial charge in [0.05, 0.1) is 18.0 Å². The molecule has 3 aromatic heterocycles. The van der Waals surface area contributed by atoms with Crippen molar-refractivity contribution in [2.45, 2.75) is 11.7 Å². The molecule has 0 radical (unpaired) electrons. The van der Waals surface area contributed by atoms with Gasteiger partial charge in [0.1, 0.15) is 5.69 Å². The summed E-state index contributed by atoms with van der Waals surface area (Å²) in [5, 5.41) is 4.82. The number of imidazole rings is 1. The van der Waals surface area contributed by atoms with Crippen molar-refractivity contribution in [1.29, 1.82) is 0 Å². The lowest BCUT2D eigenvalue weighted by Gasteiger charge is -2.14. The summed E-state index contributed by atoms with van der Waals surface area (Å²) in [5.41, 5.74) is 1.40. The minimum atomic E-state index is -0.00112. The molecule has 0 fully saturated rings. The monoisotopic (exact) mass is 343 g/mol. The number of thioether (sulfide) groups is 1. The molecule has 0 bridgehead atoms. The Hall–Kier alpha value is -2.61. The number of aryl methyl sites for hydroxylation is 1. The summed E-state index contributed by atoms with van der Waals surface area (Å²) >= 11 is 1.41. The standard InChI is InChI=1S/C16H17N5O2S/c1-20-8-7-18-16(20)24-11-15(22)21(2)10-12-9-14(19-23-12)13-5-3-4-6-17-13/h3-9H,10-11H2,1-2H3. The van der Waals surface area contributed by atoms with E-state index in [-0.39, 0.29) is 5.91 Å². The molecule has 1 amide bonds. The van der Waals surface area contributed by atoms with Gasteiger partial charge in [-0.15, -0.1) is 0 Å². The zero-order chi connectivity index (χ0) is 16.9. The number of hydrogen-bond acceptors (Lipinski definition) is 6. The highest BCUT2D eigenvalue weighted by Crippen LogP contribution is 2.18. The van der Waals surface area contributed by atoms with Gasteiger partial charge in [0.15, 0.2) is 10.9 Å². The van der Waals surface area contributed by atoms with Crippen molar-refractivity contribution in [3.63, 3.8) is 0 Å². The first-order valence-corrected chi connectivity index (χ1v) is 8.33. The molecule has 0 aliphatic rings. The molecule has 0 saturated carbocycles. The number of hydrogen-bond donors (Lipinski definition) is 0. The van der Waals surface area contributed by atoms with E-state index in [1.807, 2.05) is 36.0 Å². The van der Waals surface area contributed by atoms with Crippen LogP contribution >= 0.6 is 11.8 Å². The van der Waals surface area contributed by atoms with Crippen LogP contribution in [0.4, 0.5) is 0 Å². The molecule has 24 heavy (non-hydrogen) atoms. The van der Waals surface area contributed by atoms with E-state index < -0.39 is 0 Å². The van der Waals surface area contributed by atoms with Gasteiger partial charge in [-0.3, -0.25) is 9.78 Å². The van der Waals surface area contributed by atoms with Crippen LogP contribution in [-0.4, -0.2) is 43.3 Å². The molecule has 0 atom stereocenters. The van der Waals surface area contributed by atoms with Crippen LogP contribution in [0.5, 0.6) is 0 Å². The molecule has 0 N–H and O–H groups in total. The van der Waals surface area contributed by atoms with Crippen LogP contribution in [0.15, 0.2) is 52.5 Å². The molecular formula is C16H17N5O2S. The number of amides is 1. The Morgan fingerprint density at radius 2 is 2.17 bits per heavy atom. The van der Waals surface area contributed by atoms with Crippen molar-refractivity contribution in [3.05, 3.63) is 48.6 Å². The van der Waals surface area contributed by atoms with Crippen LogP contribution in [0, 0.1) is 0 Å². The van der Waals surface area contributed by atoms with Crippen LogP contribution in [-0.2, 0) is 18.4 Å². The summed E-state index contributed by atoms with van der Waals surface area (Å²) in [5.74, 6) is 0.940. The highest BCUT2D eigenvalue weighted by Gasteiger charge is 2.15. The molecule has 7 nitrogen and oxygen atoms in total. The zero-order valence-electron chi connectivity index (χ0n) is 13.4. The maximum atomic E-state index is 12.2. The van der Waals surface area contributed by atoms with E-state index in [4.69, 9.17) is 4.52 Å². The summed E-state index contributed by atoms with van der Waals surface area (Å²) < 4.78 is 7.18. The molecule has 0 aromatic carbocycles. The summed E-state index contributed by atoms with van der Waals surface area (Å²) in [7, 11) is 3.64. The van der Waals surface area contributed by atoms with Gasteiger partial charge in [-0.2, -0.15) is 0 Å². The molecule has 3 aromatic rings. The van der Waals surface area contributed by atoms with Crippen LogP contribution in [0.2, 0.25) is 0 Å². The maximum absolute atomic E-state index is 12.2. The highest BCUT2D eigenvalue weighted by molar-refractivity contribution is 7.99. The van der Waals surface area contributed by atoms with Crippen molar-refractivity contribution >= 4 is 17.7 Å². The minimum absolute atomic E-state index is 0.00112. The second kappa shape index (κ2) is 7.31. The first-order chi connectivity index (χ1) is 11.6. The van der Waals surface area contributed by atoms with Crippen LogP contribution < -0.4 is 0 Å². The van der Waals surface area contributed by atoms with Crippen LogP contribution in [0.3, 0.4) is 0 Å². The fourth-order valence-electron chi connectivity index (χ4n) is 2.07. The molecular weight excluding hydrogens is 326 g/mol. The zero-order valence-corrected chi connectivity index (χ0v) is 14.2. The number of nitrogens with zero attached hydrogens (tertiary/aromatic N) is 5. The first-order valence-electron chi connectivity index (χ1n) is 7.34. The summed E-state index contributed by atoms with van der Waals surface area (Å²) in [6, 6.07) is 7.40. The lowest BCUT2D eigenvalue weighted by molar-refractivity contribution is -0.127. The Morgan fingerprint density at radius 1 is 1.29 bits per heavy atom. The number of carbonyl (C=O) groups is 1. The number of carbonyl (C=O) groups excluding carboxylic acids is 1. The predicted molar refractivity (Wildman–Crippen MR) is 90.1 cm³/mol. The van der Waals surface area contributed by atoms with E-state index >= 15 is 0 Å². The lowest BCUT2D eigenvalue weighted by atomic mass is 10.2.